The molecule has 5 aromatic carbocycles. The van der Waals surface area contributed by atoms with Crippen LogP contribution in [0.25, 0.3) is 0 Å². The molecule has 5 aromatic rings. The topological polar surface area (TPSA) is 0 Å². The highest BCUT2D eigenvalue weighted by molar-refractivity contribution is 9.10. The molecule has 0 amide bonds. The molecule has 7 heteroatoms. The summed E-state index contributed by atoms with van der Waals surface area (Å²) in [5, 5.41) is 3.58. The van der Waals surface area contributed by atoms with Gasteiger partial charge in [-0.15, -0.1) is 11.6 Å². The van der Waals surface area contributed by atoms with E-state index in [2.05, 4.69) is 15.9 Å². The average molecular weight is 690 g/mol. The highest BCUT2D eigenvalue weighted by atomic mass is 79.9. The van der Waals surface area contributed by atoms with Crippen molar-refractivity contribution in [3.05, 3.63) is 175 Å². The van der Waals surface area contributed by atoms with Crippen molar-refractivity contribution in [2.45, 2.75) is 5.88 Å². The lowest BCUT2D eigenvalue weighted by atomic mass is 10.2. The van der Waals surface area contributed by atoms with Gasteiger partial charge in [0.2, 0.25) is 0 Å². The van der Waals surface area contributed by atoms with Crippen molar-refractivity contribution in [1.29, 1.82) is 0 Å². The average Bonchev–Trinajstić information content (AvgIpc) is 2.93. The molecule has 38 heavy (non-hydrogen) atoms. The highest BCUT2D eigenvalue weighted by Gasteiger charge is 1.85. The first-order valence-corrected chi connectivity index (χ1v) is 14.3. The molecule has 0 radical (unpaired) electrons. The van der Waals surface area contributed by atoms with Crippen molar-refractivity contribution >= 4 is 85.5 Å². The van der Waals surface area contributed by atoms with Gasteiger partial charge in [-0.3, -0.25) is 0 Å². The Morgan fingerprint density at radius 2 is 0.737 bits per heavy atom. The largest absolute Gasteiger partial charge is 0.122 e. The van der Waals surface area contributed by atoms with Gasteiger partial charge in [-0.1, -0.05) is 147 Å². The fourth-order valence-corrected chi connectivity index (χ4v) is 3.60. The highest BCUT2D eigenvalue weighted by Crippen LogP contribution is 2.14. The number of rotatable bonds is 1. The fourth-order valence-electron chi connectivity index (χ4n) is 2.29. The van der Waals surface area contributed by atoms with Gasteiger partial charge in [-0.05, 0) is 72.3 Å². The first kappa shape index (κ1) is 34.3. The molecule has 0 aliphatic heterocycles. The molecule has 0 aromatic heterocycles. The summed E-state index contributed by atoms with van der Waals surface area (Å²) in [7, 11) is 0. The summed E-state index contributed by atoms with van der Waals surface area (Å²) >= 11 is 36.6. The zero-order valence-corrected chi connectivity index (χ0v) is 26.3. The van der Waals surface area contributed by atoms with Crippen LogP contribution in [0.2, 0.25) is 25.1 Å². The fraction of sp³-hybridized carbons (Fsp3) is 0.0323. The molecule has 0 N–H and O–H groups in total. The molecule has 0 saturated carbocycles. The molecular formula is C31H25BrCl6. The molecule has 0 aliphatic rings. The van der Waals surface area contributed by atoms with Crippen molar-refractivity contribution in [2.24, 2.45) is 0 Å². The van der Waals surface area contributed by atoms with Crippen LogP contribution in [0.5, 0.6) is 0 Å². The maximum Gasteiger partial charge on any atom is 0.0474 e. The number of benzene rings is 5. The van der Waals surface area contributed by atoms with E-state index in [1.807, 2.05) is 97.1 Å². The molecule has 0 heterocycles. The van der Waals surface area contributed by atoms with E-state index < -0.39 is 0 Å². The summed E-state index contributed by atoms with van der Waals surface area (Å²) in [5.41, 5.74) is 1.18. The van der Waals surface area contributed by atoms with Crippen LogP contribution >= 0.6 is 85.5 Å². The first-order chi connectivity index (χ1) is 18.3. The van der Waals surface area contributed by atoms with E-state index in [1.165, 1.54) is 5.56 Å². The van der Waals surface area contributed by atoms with Gasteiger partial charge in [0.05, 0.1) is 0 Å². The molecule has 0 fully saturated rings. The maximum absolute atomic E-state index is 5.56. The predicted octanol–water partition coefficient (Wildman–Crippen LogP) is 13.2. The van der Waals surface area contributed by atoms with Crippen molar-refractivity contribution in [3.63, 3.8) is 0 Å². The van der Waals surface area contributed by atoms with Crippen LogP contribution in [0, 0.1) is 0 Å². The number of hydrogen-bond donors (Lipinski definition) is 0. The summed E-state index contributed by atoms with van der Waals surface area (Å²) in [5.74, 6) is 0.612. The van der Waals surface area contributed by atoms with Gasteiger partial charge in [0.1, 0.15) is 0 Å². The van der Waals surface area contributed by atoms with Gasteiger partial charge >= 0.3 is 0 Å². The molecule has 0 unspecified atom stereocenters. The molecule has 0 atom stereocenters. The van der Waals surface area contributed by atoms with E-state index in [0.717, 1.165) is 19.5 Å². The second kappa shape index (κ2) is 22.2. The molecule has 0 spiro atoms. The monoisotopic (exact) mass is 686 g/mol. The lowest BCUT2D eigenvalue weighted by Gasteiger charge is -1.88. The minimum absolute atomic E-state index is 0.612. The molecule has 0 aliphatic carbocycles. The quantitative estimate of drug-likeness (QED) is 0.154. The van der Waals surface area contributed by atoms with E-state index >= 15 is 0 Å². The third-order valence-electron chi connectivity index (χ3n) is 4.05. The molecule has 0 bridgehead atoms. The predicted molar refractivity (Wildman–Crippen MR) is 175 cm³/mol. The van der Waals surface area contributed by atoms with Crippen LogP contribution in [0.3, 0.4) is 0 Å². The number of hydrogen-bond acceptors (Lipinski definition) is 0. The van der Waals surface area contributed by atoms with Crippen LogP contribution in [0.4, 0.5) is 0 Å². The van der Waals surface area contributed by atoms with Gasteiger partial charge in [0, 0.05) is 35.5 Å². The standard InChI is InChI=1S/C7H7Cl.C6H5Br.2C6H4Cl2.C6H5Cl/c8-6-7-4-2-1-3-5-7;7-6-4-2-1-3-5-6;7-5-1-2-6(8)4-3-5;7-5-2-1-3-6(8)4-5;7-6-4-2-1-3-5-6/h1-5H,6H2;1-5H;2*1-4H;1-5H. The third-order valence-corrected chi connectivity index (χ3v) is 6.12. The zero-order chi connectivity index (χ0) is 28.0. The van der Waals surface area contributed by atoms with Crippen molar-refractivity contribution in [3.8, 4) is 0 Å². The second-order valence-corrected chi connectivity index (χ2v) is 10.5. The van der Waals surface area contributed by atoms with Crippen molar-refractivity contribution in [1.82, 2.24) is 0 Å². The molecule has 0 nitrogen and oxygen atoms in total. The van der Waals surface area contributed by atoms with Crippen LogP contribution in [-0.2, 0) is 5.88 Å². The normalized spacial score (nSPS) is 9.03. The Labute approximate surface area is 264 Å². The van der Waals surface area contributed by atoms with Crippen LogP contribution in [0.15, 0.2) is 144 Å². The minimum Gasteiger partial charge on any atom is -0.122 e. The minimum atomic E-state index is 0.612. The summed E-state index contributed by atoms with van der Waals surface area (Å²) < 4.78 is 1.13. The maximum atomic E-state index is 5.56. The van der Waals surface area contributed by atoms with Crippen LogP contribution < -0.4 is 0 Å². The van der Waals surface area contributed by atoms with Gasteiger partial charge in [-0.25, -0.2) is 0 Å². The summed E-state index contributed by atoms with van der Waals surface area (Å²) in [6.07, 6.45) is 0. The third kappa shape index (κ3) is 19.4. The lowest BCUT2D eigenvalue weighted by Crippen LogP contribution is -1.71. The van der Waals surface area contributed by atoms with Crippen molar-refractivity contribution in [2.75, 3.05) is 0 Å². The SMILES string of the molecule is Brc1ccccc1.ClCc1ccccc1.Clc1ccc(Cl)cc1.Clc1cccc(Cl)c1.Clc1ccccc1. The smallest absolute Gasteiger partial charge is 0.0474 e. The Balaban J connectivity index is 0.000000238. The Morgan fingerprint density at radius 1 is 0.395 bits per heavy atom. The molecule has 0 saturated heterocycles. The summed E-state index contributed by atoms with van der Waals surface area (Å²) in [6.45, 7) is 0. The van der Waals surface area contributed by atoms with Crippen LogP contribution in [0.1, 0.15) is 5.56 Å². The van der Waals surface area contributed by atoms with Gasteiger partial charge < -0.3 is 0 Å². The van der Waals surface area contributed by atoms with E-state index in [-0.39, 0.29) is 0 Å². The van der Waals surface area contributed by atoms with E-state index in [1.54, 1.807) is 42.5 Å². The van der Waals surface area contributed by atoms with Crippen LogP contribution in [-0.4, -0.2) is 0 Å². The molecule has 5 rings (SSSR count). The lowest BCUT2D eigenvalue weighted by molar-refractivity contribution is 1.41. The van der Waals surface area contributed by atoms with E-state index in [0.29, 0.717) is 15.9 Å². The van der Waals surface area contributed by atoms with Gasteiger partial charge in [0.25, 0.3) is 0 Å². The summed E-state index contributed by atoms with van der Waals surface area (Å²) in [6, 6.07) is 43.5. The van der Waals surface area contributed by atoms with Gasteiger partial charge in [0.15, 0.2) is 0 Å². The van der Waals surface area contributed by atoms with E-state index in [9.17, 15) is 0 Å². The van der Waals surface area contributed by atoms with E-state index in [4.69, 9.17) is 69.6 Å². The zero-order valence-electron chi connectivity index (χ0n) is 20.1. The Morgan fingerprint density at radius 3 is 0.974 bits per heavy atom. The molecule has 198 valence electrons. The van der Waals surface area contributed by atoms with Crippen molar-refractivity contribution < 1.29 is 0 Å². The van der Waals surface area contributed by atoms with Gasteiger partial charge in [-0.2, -0.15) is 0 Å². The molecular weight excluding hydrogens is 665 g/mol. The number of alkyl halides is 1. The Bertz CT molecular complexity index is 1160. The first-order valence-electron chi connectivity index (χ1n) is 11.1. The summed E-state index contributed by atoms with van der Waals surface area (Å²) in [4.78, 5) is 0. The Hall–Kier alpha value is -1.68. The Kier molecular flexibility index (Phi) is 20.0. The second-order valence-electron chi connectivity index (χ2n) is 7.09. The number of halogens is 7.